The molecule has 34 heavy (non-hydrogen) atoms. The van der Waals surface area contributed by atoms with E-state index in [0.717, 1.165) is 43.9 Å². The van der Waals surface area contributed by atoms with Crippen LogP contribution in [-0.4, -0.2) is 26.3 Å². The van der Waals surface area contributed by atoms with E-state index in [9.17, 15) is 9.90 Å². The van der Waals surface area contributed by atoms with Crippen LogP contribution in [0.25, 0.3) is 0 Å². The quantitative estimate of drug-likeness (QED) is 0.600. The van der Waals surface area contributed by atoms with E-state index in [1.807, 2.05) is 0 Å². The number of nitrogens with zero attached hydrogens (tertiary/aromatic N) is 3. The molecular formula is C29H43N3O2. The van der Waals surface area contributed by atoms with Crippen LogP contribution in [0.3, 0.4) is 0 Å². The molecule has 0 aromatic carbocycles. The number of aromatic nitrogens is 2. The van der Waals surface area contributed by atoms with Crippen LogP contribution in [0, 0.1) is 51.8 Å². The highest BCUT2D eigenvalue weighted by Gasteiger charge is 2.60. The number of nitriles is 1. The molecule has 4 aliphatic rings. The molecule has 0 radical (unpaired) electrons. The predicted octanol–water partition coefficient (Wildman–Crippen LogP) is 5.90. The first-order chi connectivity index (χ1) is 16.2. The fourth-order valence-electron chi connectivity index (χ4n) is 9.62. The van der Waals surface area contributed by atoms with Crippen LogP contribution in [0.2, 0.25) is 0 Å². The van der Waals surface area contributed by atoms with Crippen LogP contribution < -0.4 is 0 Å². The summed E-state index contributed by atoms with van der Waals surface area (Å²) < 4.78 is 1.67. The number of hydrogen-bond acceptors (Lipinski definition) is 4. The Labute approximate surface area is 205 Å². The van der Waals surface area contributed by atoms with E-state index < -0.39 is 5.60 Å². The second-order valence-corrected chi connectivity index (χ2v) is 12.8. The molecule has 5 heteroatoms. The largest absolute Gasteiger partial charge is 0.390 e. The van der Waals surface area contributed by atoms with Crippen molar-refractivity contribution in [1.82, 2.24) is 9.78 Å². The van der Waals surface area contributed by atoms with Crippen LogP contribution in [0.15, 0.2) is 12.4 Å². The van der Waals surface area contributed by atoms with Crippen molar-refractivity contribution < 1.29 is 9.90 Å². The minimum atomic E-state index is -0.489. The number of aliphatic hydroxyl groups is 1. The average molecular weight is 466 g/mol. The van der Waals surface area contributed by atoms with Crippen molar-refractivity contribution in [3.63, 3.8) is 0 Å². The second kappa shape index (κ2) is 8.77. The van der Waals surface area contributed by atoms with Crippen LogP contribution in [0.4, 0.5) is 0 Å². The maximum atomic E-state index is 13.7. The normalized spacial score (nSPS) is 44.1. The Bertz CT molecular complexity index is 961. The number of Topliss-reactive ketones (excluding diaryl/α,β-unsaturated/α-hetero) is 1. The van der Waals surface area contributed by atoms with Gasteiger partial charge in [-0.05, 0) is 106 Å². The third-order valence-electron chi connectivity index (χ3n) is 11.3. The minimum Gasteiger partial charge on any atom is -0.390 e. The Balaban J connectivity index is 1.40. The molecule has 1 aromatic rings. The lowest BCUT2D eigenvalue weighted by Gasteiger charge is -2.64. The molecule has 0 bridgehead atoms. The van der Waals surface area contributed by atoms with Gasteiger partial charge < -0.3 is 5.11 Å². The van der Waals surface area contributed by atoms with Gasteiger partial charge >= 0.3 is 0 Å². The first-order valence-corrected chi connectivity index (χ1v) is 13.9. The number of hydrogen-bond donors (Lipinski definition) is 1. The molecule has 0 spiro atoms. The van der Waals surface area contributed by atoms with E-state index in [4.69, 9.17) is 5.26 Å². The van der Waals surface area contributed by atoms with Crippen LogP contribution in [-0.2, 0) is 11.3 Å². The molecule has 0 unspecified atom stereocenters. The number of fused-ring (bicyclic) bond motifs is 5. The standard InChI is InChI=1S/C29H43N3O2/c1-4-29-14-13-27(2,34)15-21(29)9-10-22-23-7-5-6-8-25(28(23,3)12-11-24(22)29)26(33)19-32-18-20(16-30)17-31-32/h17-18,21-25,34H,4-15,19H2,1-3H3/t21-,22+,23+,24+,25-,27-,28+,29+/m1/s1. The molecule has 8 atom stereocenters. The van der Waals surface area contributed by atoms with Crippen molar-refractivity contribution in [2.45, 2.75) is 110 Å². The van der Waals surface area contributed by atoms with Crippen molar-refractivity contribution >= 4 is 5.78 Å². The molecule has 186 valence electrons. The predicted molar refractivity (Wildman–Crippen MR) is 132 cm³/mol. The zero-order valence-electron chi connectivity index (χ0n) is 21.4. The lowest BCUT2D eigenvalue weighted by Crippen LogP contribution is -2.58. The molecule has 1 heterocycles. The van der Waals surface area contributed by atoms with E-state index in [1.165, 1.54) is 44.9 Å². The Morgan fingerprint density at radius 1 is 1.15 bits per heavy atom. The highest BCUT2D eigenvalue weighted by Crippen LogP contribution is 2.67. The van der Waals surface area contributed by atoms with Gasteiger partial charge in [0.1, 0.15) is 6.07 Å². The smallest absolute Gasteiger partial charge is 0.157 e. The van der Waals surface area contributed by atoms with Gasteiger partial charge in [-0.15, -0.1) is 0 Å². The Morgan fingerprint density at radius 2 is 1.94 bits per heavy atom. The summed E-state index contributed by atoms with van der Waals surface area (Å²) in [4.78, 5) is 13.7. The summed E-state index contributed by atoms with van der Waals surface area (Å²) in [5, 5.41) is 24.3. The third-order valence-corrected chi connectivity index (χ3v) is 11.3. The maximum absolute atomic E-state index is 13.7. The van der Waals surface area contributed by atoms with E-state index in [0.29, 0.717) is 35.1 Å². The van der Waals surface area contributed by atoms with Crippen LogP contribution in [0.1, 0.15) is 103 Å². The molecule has 4 saturated carbocycles. The fourth-order valence-corrected chi connectivity index (χ4v) is 9.62. The van der Waals surface area contributed by atoms with Gasteiger partial charge in [-0.3, -0.25) is 9.48 Å². The number of carbonyl (C=O) groups is 1. The van der Waals surface area contributed by atoms with Crippen molar-refractivity contribution in [2.24, 2.45) is 40.4 Å². The Hall–Kier alpha value is -1.67. The van der Waals surface area contributed by atoms with Gasteiger partial charge in [0.05, 0.1) is 23.9 Å². The maximum Gasteiger partial charge on any atom is 0.157 e. The van der Waals surface area contributed by atoms with E-state index >= 15 is 0 Å². The van der Waals surface area contributed by atoms with E-state index in [2.05, 4.69) is 31.9 Å². The summed E-state index contributed by atoms with van der Waals surface area (Å²) in [5.74, 6) is 3.17. The van der Waals surface area contributed by atoms with Gasteiger partial charge in [0, 0.05) is 12.1 Å². The summed E-state index contributed by atoms with van der Waals surface area (Å²) in [7, 11) is 0. The number of ketones is 1. The molecule has 4 aliphatic carbocycles. The fraction of sp³-hybridized carbons (Fsp3) is 0.828. The topological polar surface area (TPSA) is 78.9 Å². The molecule has 0 amide bonds. The first kappa shape index (κ1) is 24.0. The van der Waals surface area contributed by atoms with Gasteiger partial charge in [0.15, 0.2) is 5.78 Å². The van der Waals surface area contributed by atoms with E-state index in [1.54, 1.807) is 17.1 Å². The average Bonchev–Trinajstić information content (AvgIpc) is 3.18. The van der Waals surface area contributed by atoms with Crippen LogP contribution >= 0.6 is 0 Å². The number of carbonyl (C=O) groups excluding carboxylic acids is 1. The van der Waals surface area contributed by atoms with Crippen molar-refractivity contribution in [2.75, 3.05) is 0 Å². The van der Waals surface area contributed by atoms with Gasteiger partial charge in [-0.25, -0.2) is 0 Å². The molecule has 4 fully saturated rings. The van der Waals surface area contributed by atoms with Crippen LogP contribution in [0.5, 0.6) is 0 Å². The zero-order chi connectivity index (χ0) is 24.1. The highest BCUT2D eigenvalue weighted by atomic mass is 16.3. The van der Waals surface area contributed by atoms with Crippen molar-refractivity contribution in [3.8, 4) is 6.07 Å². The molecule has 0 saturated heterocycles. The molecule has 1 aromatic heterocycles. The second-order valence-electron chi connectivity index (χ2n) is 12.8. The lowest BCUT2D eigenvalue weighted by molar-refractivity contribution is -0.167. The highest BCUT2D eigenvalue weighted by molar-refractivity contribution is 5.81. The molecular weight excluding hydrogens is 422 g/mol. The summed E-state index contributed by atoms with van der Waals surface area (Å²) in [5.41, 5.74) is 0.492. The summed E-state index contributed by atoms with van der Waals surface area (Å²) >= 11 is 0. The number of rotatable bonds is 4. The monoisotopic (exact) mass is 465 g/mol. The summed E-state index contributed by atoms with van der Waals surface area (Å²) in [6.07, 6.45) is 17.2. The SMILES string of the molecule is CC[C@]12CC[C@@](C)(O)C[C@H]1CC[C@H]1[C@@H]3CCCC[C@H](C(=O)Cn4cc(C#N)cn4)[C@@]3(C)CC[C@@H]12. The third kappa shape index (κ3) is 3.85. The zero-order valence-corrected chi connectivity index (χ0v) is 21.4. The Morgan fingerprint density at radius 3 is 2.68 bits per heavy atom. The van der Waals surface area contributed by atoms with Crippen molar-refractivity contribution in [3.05, 3.63) is 18.0 Å². The van der Waals surface area contributed by atoms with Gasteiger partial charge in [0.2, 0.25) is 0 Å². The van der Waals surface area contributed by atoms with Gasteiger partial charge in [-0.2, -0.15) is 10.4 Å². The van der Waals surface area contributed by atoms with E-state index in [-0.39, 0.29) is 11.3 Å². The van der Waals surface area contributed by atoms with Crippen molar-refractivity contribution in [1.29, 1.82) is 5.26 Å². The molecule has 5 nitrogen and oxygen atoms in total. The van der Waals surface area contributed by atoms with Gasteiger partial charge in [-0.1, -0.05) is 26.7 Å². The van der Waals surface area contributed by atoms with Gasteiger partial charge in [0.25, 0.3) is 0 Å². The summed E-state index contributed by atoms with van der Waals surface area (Å²) in [6, 6.07) is 2.12. The first-order valence-electron chi connectivity index (χ1n) is 13.9. The minimum absolute atomic E-state index is 0.0713. The molecule has 1 N–H and O–H groups in total. The Kier molecular flexibility index (Phi) is 6.20. The summed E-state index contributed by atoms with van der Waals surface area (Å²) in [6.45, 7) is 7.19. The molecule has 5 rings (SSSR count). The lowest BCUT2D eigenvalue weighted by atomic mass is 9.41. The molecule has 0 aliphatic heterocycles.